The molecule has 1 aromatic carbocycles. The number of aromatic nitrogens is 1. The van der Waals surface area contributed by atoms with Crippen LogP contribution in [-0.4, -0.2) is 21.5 Å². The maximum Gasteiger partial charge on any atom is 0.169 e. The number of nitrogens with one attached hydrogen (secondary N) is 1. The molecule has 0 saturated heterocycles. The number of unbranched alkanes of at least 4 members (excludes halogenated alkanes) is 2. The minimum atomic E-state index is 0.717. The van der Waals surface area contributed by atoms with Gasteiger partial charge in [0, 0.05) is 19.3 Å². The number of pyridine rings is 1. The summed E-state index contributed by atoms with van der Waals surface area (Å²) in [6.07, 6.45) is 5.43. The highest BCUT2D eigenvalue weighted by Crippen LogP contribution is 2.10. The first-order valence-electron chi connectivity index (χ1n) is 8.67. The van der Waals surface area contributed by atoms with E-state index in [-0.39, 0.29) is 0 Å². The highest BCUT2D eigenvalue weighted by atomic mass is 32.1. The largest absolute Gasteiger partial charge is 0.363 e. The topological polar surface area (TPSA) is 28.2 Å². The van der Waals surface area contributed by atoms with Crippen LogP contribution in [0.3, 0.4) is 0 Å². The average molecular weight is 342 g/mol. The van der Waals surface area contributed by atoms with Crippen LogP contribution in [0.15, 0.2) is 48.7 Å². The fourth-order valence-corrected chi connectivity index (χ4v) is 2.71. The molecular formula is C20H27N3S. The van der Waals surface area contributed by atoms with Crippen LogP contribution < -0.4 is 5.32 Å². The summed E-state index contributed by atoms with van der Waals surface area (Å²) < 4.78 is 0. The second-order valence-electron chi connectivity index (χ2n) is 6.10. The Morgan fingerprint density at radius 1 is 1.08 bits per heavy atom. The van der Waals surface area contributed by atoms with Crippen LogP contribution >= 0.6 is 12.2 Å². The lowest BCUT2D eigenvalue weighted by atomic mass is 10.1. The molecule has 1 N–H and O–H groups in total. The lowest BCUT2D eigenvalue weighted by Crippen LogP contribution is -2.39. The minimum Gasteiger partial charge on any atom is -0.363 e. The number of rotatable bonds is 8. The van der Waals surface area contributed by atoms with Crippen LogP contribution in [0.2, 0.25) is 0 Å². The van der Waals surface area contributed by atoms with Gasteiger partial charge in [0.15, 0.2) is 5.11 Å². The monoisotopic (exact) mass is 341 g/mol. The lowest BCUT2D eigenvalue weighted by molar-refractivity contribution is 0.393. The SMILES string of the molecule is CCCCCNC(=S)N(Cc1ccc(C)cc1)Cc1ccccn1. The third-order valence-electron chi connectivity index (χ3n) is 3.92. The van der Waals surface area contributed by atoms with Gasteiger partial charge in [0.05, 0.1) is 12.2 Å². The fourth-order valence-electron chi connectivity index (χ4n) is 2.48. The van der Waals surface area contributed by atoms with E-state index in [4.69, 9.17) is 12.2 Å². The van der Waals surface area contributed by atoms with Crippen LogP contribution in [0.5, 0.6) is 0 Å². The Morgan fingerprint density at radius 2 is 1.88 bits per heavy atom. The number of benzene rings is 1. The maximum absolute atomic E-state index is 5.64. The maximum atomic E-state index is 5.64. The van der Waals surface area contributed by atoms with E-state index in [0.29, 0.717) is 6.54 Å². The summed E-state index contributed by atoms with van der Waals surface area (Å²) in [5.41, 5.74) is 3.56. The molecule has 2 rings (SSSR count). The van der Waals surface area contributed by atoms with Crippen molar-refractivity contribution in [1.82, 2.24) is 15.2 Å². The highest BCUT2D eigenvalue weighted by molar-refractivity contribution is 7.80. The Kier molecular flexibility index (Phi) is 7.69. The van der Waals surface area contributed by atoms with Crippen molar-refractivity contribution in [2.24, 2.45) is 0 Å². The number of hydrogen-bond acceptors (Lipinski definition) is 2. The first kappa shape index (κ1) is 18.4. The molecule has 4 heteroatoms. The van der Waals surface area contributed by atoms with Crippen LogP contribution in [0.1, 0.15) is 43.0 Å². The highest BCUT2D eigenvalue weighted by Gasteiger charge is 2.11. The second kappa shape index (κ2) is 10.0. The van der Waals surface area contributed by atoms with Gasteiger partial charge in [-0.3, -0.25) is 4.98 Å². The van der Waals surface area contributed by atoms with Crippen molar-refractivity contribution in [3.63, 3.8) is 0 Å². The molecule has 0 atom stereocenters. The zero-order valence-electron chi connectivity index (χ0n) is 14.7. The van der Waals surface area contributed by atoms with Crippen molar-refractivity contribution in [1.29, 1.82) is 0 Å². The molecule has 0 bridgehead atoms. The van der Waals surface area contributed by atoms with Gasteiger partial charge in [0.25, 0.3) is 0 Å². The van der Waals surface area contributed by atoms with E-state index in [9.17, 15) is 0 Å². The molecule has 0 aliphatic rings. The molecule has 2 aromatic rings. The predicted molar refractivity (Wildman–Crippen MR) is 105 cm³/mol. The Bertz CT molecular complexity index is 611. The molecule has 0 aliphatic carbocycles. The predicted octanol–water partition coefficient (Wildman–Crippen LogP) is 4.46. The van der Waals surface area contributed by atoms with Gasteiger partial charge in [-0.05, 0) is 43.3 Å². The van der Waals surface area contributed by atoms with Crippen molar-refractivity contribution in [2.75, 3.05) is 6.54 Å². The molecule has 1 heterocycles. The summed E-state index contributed by atoms with van der Waals surface area (Å²) in [6, 6.07) is 14.6. The van der Waals surface area contributed by atoms with Crippen molar-refractivity contribution in [2.45, 2.75) is 46.2 Å². The van der Waals surface area contributed by atoms with E-state index in [1.165, 1.54) is 24.0 Å². The molecule has 0 radical (unpaired) electrons. The van der Waals surface area contributed by atoms with Gasteiger partial charge in [0.1, 0.15) is 0 Å². The van der Waals surface area contributed by atoms with E-state index in [0.717, 1.165) is 30.3 Å². The van der Waals surface area contributed by atoms with E-state index >= 15 is 0 Å². The zero-order valence-corrected chi connectivity index (χ0v) is 15.5. The average Bonchev–Trinajstić information content (AvgIpc) is 2.61. The number of aryl methyl sites for hydroxylation is 1. The number of thiocarbonyl (C=S) groups is 1. The number of nitrogens with zero attached hydrogens (tertiary/aromatic N) is 2. The van der Waals surface area contributed by atoms with Gasteiger partial charge < -0.3 is 10.2 Å². The third kappa shape index (κ3) is 6.28. The van der Waals surface area contributed by atoms with Crippen LogP contribution in [-0.2, 0) is 13.1 Å². The van der Waals surface area contributed by atoms with Gasteiger partial charge in [-0.15, -0.1) is 0 Å². The smallest absolute Gasteiger partial charge is 0.169 e. The van der Waals surface area contributed by atoms with Gasteiger partial charge in [0.2, 0.25) is 0 Å². The quantitative estimate of drug-likeness (QED) is 0.567. The Morgan fingerprint density at radius 3 is 2.54 bits per heavy atom. The van der Waals surface area contributed by atoms with Crippen molar-refractivity contribution >= 4 is 17.3 Å². The summed E-state index contributed by atoms with van der Waals surface area (Å²) in [7, 11) is 0. The zero-order chi connectivity index (χ0) is 17.2. The first-order chi connectivity index (χ1) is 11.7. The summed E-state index contributed by atoms with van der Waals surface area (Å²) >= 11 is 5.64. The normalized spacial score (nSPS) is 10.4. The second-order valence-corrected chi connectivity index (χ2v) is 6.49. The standard InChI is InChI=1S/C20H27N3S/c1-3-4-6-14-22-20(24)23(16-19-8-5-7-13-21-19)15-18-11-9-17(2)10-12-18/h5,7-13H,3-4,6,14-16H2,1-2H3,(H,22,24). The van der Waals surface area contributed by atoms with Crippen molar-refractivity contribution in [3.8, 4) is 0 Å². The van der Waals surface area contributed by atoms with Gasteiger partial charge >= 0.3 is 0 Å². The van der Waals surface area contributed by atoms with Gasteiger partial charge in [-0.1, -0.05) is 55.7 Å². The van der Waals surface area contributed by atoms with Crippen molar-refractivity contribution in [3.05, 3.63) is 65.5 Å². The summed E-state index contributed by atoms with van der Waals surface area (Å²) in [6.45, 7) is 6.75. The van der Waals surface area contributed by atoms with Crippen LogP contribution in [0.25, 0.3) is 0 Å². The first-order valence-corrected chi connectivity index (χ1v) is 9.08. The molecule has 3 nitrogen and oxygen atoms in total. The lowest BCUT2D eigenvalue weighted by Gasteiger charge is -2.26. The van der Waals surface area contributed by atoms with E-state index in [1.807, 2.05) is 24.4 Å². The summed E-state index contributed by atoms with van der Waals surface area (Å²) in [5, 5.41) is 4.20. The van der Waals surface area contributed by atoms with Crippen molar-refractivity contribution < 1.29 is 0 Å². The third-order valence-corrected chi connectivity index (χ3v) is 4.32. The molecule has 0 amide bonds. The Labute approximate surface area is 151 Å². The van der Waals surface area contributed by atoms with E-state index < -0.39 is 0 Å². The molecule has 0 fully saturated rings. The molecule has 0 spiro atoms. The minimum absolute atomic E-state index is 0.717. The van der Waals surface area contributed by atoms with E-state index in [1.54, 1.807) is 0 Å². The molecule has 0 saturated carbocycles. The van der Waals surface area contributed by atoms with Gasteiger partial charge in [-0.25, -0.2) is 0 Å². The van der Waals surface area contributed by atoms with Gasteiger partial charge in [-0.2, -0.15) is 0 Å². The molecule has 0 unspecified atom stereocenters. The fraction of sp³-hybridized carbons (Fsp3) is 0.400. The Hall–Kier alpha value is -1.94. The molecule has 128 valence electrons. The number of hydrogen-bond donors (Lipinski definition) is 1. The molecular weight excluding hydrogens is 314 g/mol. The molecule has 24 heavy (non-hydrogen) atoms. The molecule has 1 aromatic heterocycles. The summed E-state index contributed by atoms with van der Waals surface area (Å²) in [4.78, 5) is 6.63. The van der Waals surface area contributed by atoms with Crippen LogP contribution in [0, 0.1) is 6.92 Å². The van der Waals surface area contributed by atoms with E-state index in [2.05, 4.69) is 53.3 Å². The van der Waals surface area contributed by atoms with Crippen LogP contribution in [0.4, 0.5) is 0 Å². The molecule has 0 aliphatic heterocycles. The Balaban J connectivity index is 2.02. The summed E-state index contributed by atoms with van der Waals surface area (Å²) in [5.74, 6) is 0.